The first-order valence-corrected chi connectivity index (χ1v) is 5.33. The highest BCUT2D eigenvalue weighted by Crippen LogP contribution is 2.09. The molecule has 0 radical (unpaired) electrons. The van der Waals surface area contributed by atoms with Gasteiger partial charge >= 0.3 is 0 Å². The number of nitrogens with two attached hydrogens (primary N) is 1. The van der Waals surface area contributed by atoms with Crippen LogP contribution in [-0.4, -0.2) is 29.3 Å². The first-order valence-electron chi connectivity index (χ1n) is 4.18. The molecule has 3 N–H and O–H groups in total. The second kappa shape index (κ2) is 6.95. The molecule has 0 aliphatic carbocycles. The first-order chi connectivity index (χ1) is 5.22. The summed E-state index contributed by atoms with van der Waals surface area (Å²) in [6, 6.07) is 0. The molecule has 0 rings (SSSR count). The quantitative estimate of drug-likeness (QED) is 0.597. The Morgan fingerprint density at radius 1 is 1.55 bits per heavy atom. The highest BCUT2D eigenvalue weighted by atomic mass is 32.2. The zero-order valence-corrected chi connectivity index (χ0v) is 8.23. The van der Waals surface area contributed by atoms with E-state index in [1.807, 2.05) is 18.7 Å². The van der Waals surface area contributed by atoms with E-state index in [0.29, 0.717) is 6.54 Å². The molecule has 0 bridgehead atoms. The number of rotatable bonds is 6. The fourth-order valence-electron chi connectivity index (χ4n) is 0.790. The predicted molar refractivity (Wildman–Crippen MR) is 51.8 cm³/mol. The van der Waals surface area contributed by atoms with Gasteiger partial charge < -0.3 is 10.8 Å². The molecule has 2 nitrogen and oxygen atoms in total. The van der Waals surface area contributed by atoms with Crippen molar-refractivity contribution in [2.45, 2.75) is 26.4 Å². The highest BCUT2D eigenvalue weighted by Gasteiger charge is 2.11. The van der Waals surface area contributed by atoms with E-state index in [2.05, 4.69) is 6.92 Å². The van der Waals surface area contributed by atoms with Gasteiger partial charge in [-0.15, -0.1) is 0 Å². The molecule has 0 saturated heterocycles. The van der Waals surface area contributed by atoms with Crippen molar-refractivity contribution in [1.82, 2.24) is 0 Å². The van der Waals surface area contributed by atoms with Crippen molar-refractivity contribution in [1.29, 1.82) is 0 Å². The minimum Gasteiger partial charge on any atom is -0.393 e. The Morgan fingerprint density at radius 3 is 2.64 bits per heavy atom. The van der Waals surface area contributed by atoms with E-state index in [9.17, 15) is 5.11 Å². The summed E-state index contributed by atoms with van der Waals surface area (Å²) in [6.45, 7) is 4.70. The molecule has 0 spiro atoms. The van der Waals surface area contributed by atoms with E-state index < -0.39 is 0 Å². The molecular formula is C8H19NOS. The smallest absolute Gasteiger partial charge is 0.0585 e. The highest BCUT2D eigenvalue weighted by molar-refractivity contribution is 7.99. The second-order valence-corrected chi connectivity index (χ2v) is 4.16. The van der Waals surface area contributed by atoms with Crippen LogP contribution in [0.2, 0.25) is 0 Å². The topological polar surface area (TPSA) is 46.2 Å². The van der Waals surface area contributed by atoms with E-state index in [1.54, 1.807) is 0 Å². The normalized spacial score (nSPS) is 16.4. The van der Waals surface area contributed by atoms with Gasteiger partial charge in [0, 0.05) is 0 Å². The van der Waals surface area contributed by atoms with Crippen LogP contribution in [0.4, 0.5) is 0 Å². The van der Waals surface area contributed by atoms with Crippen LogP contribution in [0.5, 0.6) is 0 Å². The molecular weight excluding hydrogens is 158 g/mol. The molecule has 0 aromatic heterocycles. The summed E-state index contributed by atoms with van der Waals surface area (Å²) in [6.07, 6.45) is 0.663. The Balaban J connectivity index is 3.28. The lowest BCUT2D eigenvalue weighted by atomic mass is 10.0. The summed E-state index contributed by atoms with van der Waals surface area (Å²) in [5.74, 6) is 2.42. The van der Waals surface area contributed by atoms with Gasteiger partial charge in [-0.3, -0.25) is 0 Å². The average Bonchev–Trinajstić information content (AvgIpc) is 2.03. The summed E-state index contributed by atoms with van der Waals surface area (Å²) in [5, 5.41) is 9.45. The Bertz CT molecular complexity index is 90.2. The van der Waals surface area contributed by atoms with Crippen LogP contribution in [0.15, 0.2) is 0 Å². The van der Waals surface area contributed by atoms with Gasteiger partial charge in [0.05, 0.1) is 6.10 Å². The SMILES string of the molecule is CCSCCC(O)C(C)CN. The van der Waals surface area contributed by atoms with E-state index in [-0.39, 0.29) is 12.0 Å². The average molecular weight is 177 g/mol. The Morgan fingerprint density at radius 2 is 2.18 bits per heavy atom. The molecule has 2 unspecified atom stereocenters. The molecule has 11 heavy (non-hydrogen) atoms. The van der Waals surface area contributed by atoms with Crippen LogP contribution in [-0.2, 0) is 0 Å². The first kappa shape index (κ1) is 11.3. The molecule has 0 aliphatic heterocycles. The molecule has 0 aliphatic rings. The minimum atomic E-state index is -0.209. The van der Waals surface area contributed by atoms with Gasteiger partial charge in [-0.1, -0.05) is 13.8 Å². The van der Waals surface area contributed by atoms with E-state index in [0.717, 1.165) is 17.9 Å². The van der Waals surface area contributed by atoms with Crippen molar-refractivity contribution in [2.75, 3.05) is 18.1 Å². The number of aliphatic hydroxyl groups excluding tert-OH is 1. The fourth-order valence-corrected chi connectivity index (χ4v) is 1.49. The van der Waals surface area contributed by atoms with Gasteiger partial charge in [-0.2, -0.15) is 11.8 Å². The second-order valence-electron chi connectivity index (χ2n) is 2.77. The third-order valence-electron chi connectivity index (χ3n) is 1.79. The predicted octanol–water partition coefficient (Wildman–Crippen LogP) is 1.09. The monoisotopic (exact) mass is 177 g/mol. The third kappa shape index (κ3) is 5.53. The number of hydrogen-bond acceptors (Lipinski definition) is 3. The molecule has 0 aromatic rings. The lowest BCUT2D eigenvalue weighted by molar-refractivity contribution is 0.118. The van der Waals surface area contributed by atoms with Gasteiger partial charge in [0.25, 0.3) is 0 Å². The molecule has 2 atom stereocenters. The Hall–Kier alpha value is 0.270. The number of aliphatic hydroxyl groups is 1. The van der Waals surface area contributed by atoms with Crippen molar-refractivity contribution >= 4 is 11.8 Å². The summed E-state index contributed by atoms with van der Waals surface area (Å²) >= 11 is 1.86. The summed E-state index contributed by atoms with van der Waals surface area (Å²) in [5.41, 5.74) is 5.41. The molecule has 3 heteroatoms. The molecule has 0 saturated carbocycles. The molecule has 0 amide bonds. The van der Waals surface area contributed by atoms with Crippen LogP contribution in [0.1, 0.15) is 20.3 Å². The van der Waals surface area contributed by atoms with Crippen LogP contribution < -0.4 is 5.73 Å². The Kier molecular flexibility index (Phi) is 7.12. The maximum atomic E-state index is 9.45. The van der Waals surface area contributed by atoms with E-state index in [1.165, 1.54) is 0 Å². The zero-order chi connectivity index (χ0) is 8.69. The fraction of sp³-hybridized carbons (Fsp3) is 1.00. The maximum absolute atomic E-state index is 9.45. The lowest BCUT2D eigenvalue weighted by Crippen LogP contribution is -2.25. The Labute approximate surface area is 73.6 Å². The summed E-state index contributed by atoms with van der Waals surface area (Å²) in [7, 11) is 0. The van der Waals surface area contributed by atoms with Crippen molar-refractivity contribution < 1.29 is 5.11 Å². The van der Waals surface area contributed by atoms with Crippen molar-refractivity contribution in [3.8, 4) is 0 Å². The molecule has 68 valence electrons. The van der Waals surface area contributed by atoms with Crippen molar-refractivity contribution in [2.24, 2.45) is 11.7 Å². The van der Waals surface area contributed by atoms with Crippen LogP contribution >= 0.6 is 11.8 Å². The van der Waals surface area contributed by atoms with E-state index in [4.69, 9.17) is 5.73 Å². The standard InChI is InChI=1S/C8H19NOS/c1-3-11-5-4-8(10)7(2)6-9/h7-8,10H,3-6,9H2,1-2H3. The van der Waals surface area contributed by atoms with Gasteiger partial charge in [-0.25, -0.2) is 0 Å². The minimum absolute atomic E-state index is 0.209. The van der Waals surface area contributed by atoms with Gasteiger partial charge in [-0.05, 0) is 30.4 Å². The van der Waals surface area contributed by atoms with Crippen LogP contribution in [0.25, 0.3) is 0 Å². The van der Waals surface area contributed by atoms with E-state index >= 15 is 0 Å². The zero-order valence-electron chi connectivity index (χ0n) is 7.42. The van der Waals surface area contributed by atoms with Gasteiger partial charge in [0.15, 0.2) is 0 Å². The number of thioether (sulfide) groups is 1. The van der Waals surface area contributed by atoms with Gasteiger partial charge in [0.2, 0.25) is 0 Å². The van der Waals surface area contributed by atoms with Gasteiger partial charge in [0.1, 0.15) is 0 Å². The third-order valence-corrected chi connectivity index (χ3v) is 2.72. The summed E-state index contributed by atoms with van der Waals surface area (Å²) < 4.78 is 0. The molecule has 0 fully saturated rings. The van der Waals surface area contributed by atoms with Crippen LogP contribution in [0.3, 0.4) is 0 Å². The number of hydrogen-bond donors (Lipinski definition) is 2. The van der Waals surface area contributed by atoms with Crippen LogP contribution in [0, 0.1) is 5.92 Å². The van der Waals surface area contributed by atoms with Crippen molar-refractivity contribution in [3.63, 3.8) is 0 Å². The maximum Gasteiger partial charge on any atom is 0.0585 e. The molecule has 0 heterocycles. The summed E-state index contributed by atoms with van der Waals surface area (Å²) in [4.78, 5) is 0. The van der Waals surface area contributed by atoms with Crippen molar-refractivity contribution in [3.05, 3.63) is 0 Å². The molecule has 0 aromatic carbocycles. The largest absolute Gasteiger partial charge is 0.393 e. The lowest BCUT2D eigenvalue weighted by Gasteiger charge is -2.15.